The Bertz CT molecular complexity index is 731. The number of rotatable bonds is 2. The van der Waals surface area contributed by atoms with Crippen LogP contribution in [0.3, 0.4) is 0 Å². The molecule has 21 heavy (non-hydrogen) atoms. The number of methoxy groups -OCH3 is 1. The molecule has 0 atom stereocenters. The van der Waals surface area contributed by atoms with Crippen LogP contribution in [0.15, 0.2) is 48.0 Å². The molecule has 3 rings (SSSR count). The number of phenols is 1. The maximum absolute atomic E-state index is 12.5. The first-order valence-electron chi connectivity index (χ1n) is 6.53. The van der Waals surface area contributed by atoms with Gasteiger partial charge in [0, 0.05) is 17.2 Å². The van der Waals surface area contributed by atoms with Crippen LogP contribution >= 0.6 is 0 Å². The van der Waals surface area contributed by atoms with E-state index in [4.69, 9.17) is 9.47 Å². The van der Waals surface area contributed by atoms with Crippen molar-refractivity contribution in [2.45, 2.75) is 0 Å². The molecule has 0 unspecified atom stereocenters. The van der Waals surface area contributed by atoms with Crippen molar-refractivity contribution in [3.63, 3.8) is 0 Å². The van der Waals surface area contributed by atoms with Crippen LogP contribution in [-0.2, 0) is 0 Å². The molecule has 0 radical (unpaired) electrons. The predicted molar refractivity (Wildman–Crippen MR) is 78.9 cm³/mol. The van der Waals surface area contributed by atoms with Crippen molar-refractivity contribution in [1.29, 1.82) is 0 Å². The molecular weight excluding hydrogens is 268 g/mol. The number of phenolic OH excluding ortho intramolecular Hbond substituents is 1. The Morgan fingerprint density at radius 2 is 2.05 bits per heavy atom. The minimum absolute atomic E-state index is 0.0952. The van der Waals surface area contributed by atoms with Crippen molar-refractivity contribution in [1.82, 2.24) is 0 Å². The minimum Gasteiger partial charge on any atom is -0.507 e. The summed E-state index contributed by atoms with van der Waals surface area (Å²) in [5.41, 5.74) is 1.61. The van der Waals surface area contributed by atoms with E-state index >= 15 is 0 Å². The zero-order valence-electron chi connectivity index (χ0n) is 11.5. The van der Waals surface area contributed by atoms with Gasteiger partial charge in [0.05, 0.1) is 12.7 Å². The molecule has 1 heterocycles. The molecule has 2 aromatic carbocycles. The van der Waals surface area contributed by atoms with Crippen LogP contribution in [0, 0.1) is 0 Å². The van der Waals surface area contributed by atoms with Crippen LogP contribution in [0.2, 0.25) is 0 Å². The number of carbonyl (C=O) groups is 1. The van der Waals surface area contributed by atoms with Crippen LogP contribution in [0.4, 0.5) is 0 Å². The molecule has 2 aromatic rings. The molecule has 0 saturated carbocycles. The van der Waals surface area contributed by atoms with E-state index in [1.165, 1.54) is 0 Å². The topological polar surface area (TPSA) is 55.8 Å². The number of carbonyl (C=O) groups excluding carboxylic acids is 1. The van der Waals surface area contributed by atoms with E-state index in [2.05, 4.69) is 0 Å². The Balaban J connectivity index is 1.98. The van der Waals surface area contributed by atoms with Gasteiger partial charge in [-0.05, 0) is 24.3 Å². The molecule has 106 valence electrons. The highest BCUT2D eigenvalue weighted by Crippen LogP contribution is 2.32. The highest BCUT2D eigenvalue weighted by atomic mass is 16.5. The molecule has 0 fully saturated rings. The number of hydrogen-bond donors (Lipinski definition) is 1. The van der Waals surface area contributed by atoms with Crippen molar-refractivity contribution in [3.8, 4) is 17.2 Å². The highest BCUT2D eigenvalue weighted by molar-refractivity contribution is 6.14. The third kappa shape index (κ3) is 2.48. The lowest BCUT2D eigenvalue weighted by atomic mass is 9.98. The van der Waals surface area contributed by atoms with Gasteiger partial charge in [-0.3, -0.25) is 4.79 Å². The summed E-state index contributed by atoms with van der Waals surface area (Å²) in [5.74, 6) is 1.21. The number of aromatic hydroxyl groups is 1. The molecule has 1 N–H and O–H groups in total. The van der Waals surface area contributed by atoms with Crippen LogP contribution in [-0.4, -0.2) is 24.6 Å². The van der Waals surface area contributed by atoms with Crippen molar-refractivity contribution >= 4 is 11.9 Å². The predicted octanol–water partition coefficient (Wildman–Crippen LogP) is 3.06. The number of benzene rings is 2. The zero-order chi connectivity index (χ0) is 14.8. The number of ketones is 1. The molecule has 1 aliphatic heterocycles. The summed E-state index contributed by atoms with van der Waals surface area (Å²) in [4.78, 5) is 12.5. The normalized spacial score (nSPS) is 15.5. The van der Waals surface area contributed by atoms with Crippen molar-refractivity contribution in [3.05, 3.63) is 59.2 Å². The summed E-state index contributed by atoms with van der Waals surface area (Å²) in [5, 5.41) is 9.78. The second-order valence-corrected chi connectivity index (χ2v) is 4.71. The van der Waals surface area contributed by atoms with Gasteiger partial charge in [-0.2, -0.15) is 0 Å². The van der Waals surface area contributed by atoms with Gasteiger partial charge in [-0.25, -0.2) is 0 Å². The van der Waals surface area contributed by atoms with E-state index in [1.54, 1.807) is 55.7 Å². The smallest absolute Gasteiger partial charge is 0.196 e. The molecule has 0 bridgehead atoms. The Morgan fingerprint density at radius 3 is 2.81 bits per heavy atom. The quantitative estimate of drug-likeness (QED) is 0.860. The number of Topliss-reactive ketones (excluding diaryl/α,β-unsaturated/α-hetero) is 1. The van der Waals surface area contributed by atoms with E-state index in [-0.39, 0.29) is 18.1 Å². The van der Waals surface area contributed by atoms with Gasteiger partial charge in [0.25, 0.3) is 0 Å². The lowest BCUT2D eigenvalue weighted by Crippen LogP contribution is -2.19. The summed E-state index contributed by atoms with van der Waals surface area (Å²) in [7, 11) is 1.57. The summed E-state index contributed by atoms with van der Waals surface area (Å²) < 4.78 is 10.7. The number of fused-ring (bicyclic) bond motifs is 1. The third-order valence-electron chi connectivity index (χ3n) is 3.37. The Kier molecular flexibility index (Phi) is 3.36. The Morgan fingerprint density at radius 1 is 1.24 bits per heavy atom. The highest BCUT2D eigenvalue weighted by Gasteiger charge is 2.23. The second-order valence-electron chi connectivity index (χ2n) is 4.71. The Hall–Kier alpha value is -2.75. The van der Waals surface area contributed by atoms with Gasteiger partial charge >= 0.3 is 0 Å². The summed E-state index contributed by atoms with van der Waals surface area (Å²) in [6.45, 7) is 0.174. The molecule has 4 nitrogen and oxygen atoms in total. The average Bonchev–Trinajstić information content (AvgIpc) is 2.51. The molecule has 0 saturated heterocycles. The summed E-state index contributed by atoms with van der Waals surface area (Å²) in [6, 6.07) is 12.0. The van der Waals surface area contributed by atoms with Gasteiger partial charge in [0.2, 0.25) is 0 Å². The van der Waals surface area contributed by atoms with Crippen molar-refractivity contribution < 1.29 is 19.4 Å². The standard InChI is InChI=1S/C17H14O4/c1-20-13-6-7-14-16(9-13)21-10-12(17(14)19)8-11-4-2-3-5-15(11)18/h2-9,18H,10H2,1H3/b12-8+. The van der Waals surface area contributed by atoms with E-state index < -0.39 is 0 Å². The lowest BCUT2D eigenvalue weighted by molar-refractivity contribution is 0.100. The minimum atomic E-state index is -0.0952. The van der Waals surface area contributed by atoms with Crippen LogP contribution in [0.5, 0.6) is 17.2 Å². The average molecular weight is 282 g/mol. The van der Waals surface area contributed by atoms with Gasteiger partial charge < -0.3 is 14.6 Å². The van der Waals surface area contributed by atoms with Gasteiger partial charge in [0.15, 0.2) is 5.78 Å². The number of para-hydroxylation sites is 1. The number of ether oxygens (including phenoxy) is 2. The molecule has 0 aromatic heterocycles. The monoisotopic (exact) mass is 282 g/mol. The van der Waals surface area contributed by atoms with E-state index in [0.717, 1.165) is 0 Å². The van der Waals surface area contributed by atoms with E-state index in [1.807, 2.05) is 0 Å². The summed E-state index contributed by atoms with van der Waals surface area (Å²) in [6.07, 6.45) is 1.66. The first kappa shape index (κ1) is 13.2. The molecule has 0 aliphatic carbocycles. The lowest BCUT2D eigenvalue weighted by Gasteiger charge is -2.19. The molecular formula is C17H14O4. The fourth-order valence-corrected chi connectivity index (χ4v) is 2.24. The third-order valence-corrected chi connectivity index (χ3v) is 3.37. The maximum Gasteiger partial charge on any atom is 0.196 e. The van der Waals surface area contributed by atoms with Gasteiger partial charge in [-0.1, -0.05) is 18.2 Å². The fraction of sp³-hybridized carbons (Fsp3) is 0.118. The fourth-order valence-electron chi connectivity index (χ4n) is 2.24. The molecule has 4 heteroatoms. The van der Waals surface area contributed by atoms with Crippen molar-refractivity contribution in [2.75, 3.05) is 13.7 Å². The van der Waals surface area contributed by atoms with E-state index in [0.29, 0.717) is 28.2 Å². The van der Waals surface area contributed by atoms with E-state index in [9.17, 15) is 9.90 Å². The van der Waals surface area contributed by atoms with Crippen molar-refractivity contribution in [2.24, 2.45) is 0 Å². The first-order chi connectivity index (χ1) is 10.2. The molecule has 0 amide bonds. The second kappa shape index (κ2) is 5.32. The first-order valence-corrected chi connectivity index (χ1v) is 6.53. The van der Waals surface area contributed by atoms with Gasteiger partial charge in [0.1, 0.15) is 23.9 Å². The van der Waals surface area contributed by atoms with Crippen LogP contribution in [0.25, 0.3) is 6.08 Å². The molecule has 1 aliphatic rings. The zero-order valence-corrected chi connectivity index (χ0v) is 11.5. The molecule has 0 spiro atoms. The van der Waals surface area contributed by atoms with Crippen LogP contribution < -0.4 is 9.47 Å². The van der Waals surface area contributed by atoms with Crippen LogP contribution in [0.1, 0.15) is 15.9 Å². The number of hydrogen-bond acceptors (Lipinski definition) is 4. The van der Waals surface area contributed by atoms with Gasteiger partial charge in [-0.15, -0.1) is 0 Å². The summed E-state index contributed by atoms with van der Waals surface area (Å²) >= 11 is 0. The largest absolute Gasteiger partial charge is 0.507 e. The Labute approximate surface area is 122 Å². The SMILES string of the molecule is COc1ccc2c(c1)OC/C(=C\c1ccccc1O)C2=O. The maximum atomic E-state index is 12.5.